The molecule has 3 rings (SSSR count). The van der Waals surface area contributed by atoms with Gasteiger partial charge in [-0.15, -0.1) is 0 Å². The fraction of sp³-hybridized carbons (Fsp3) is 0.533. The van der Waals surface area contributed by atoms with Crippen molar-refractivity contribution in [2.75, 3.05) is 25.0 Å². The van der Waals surface area contributed by atoms with E-state index in [-0.39, 0.29) is 17.6 Å². The van der Waals surface area contributed by atoms with Crippen molar-refractivity contribution in [3.8, 4) is 0 Å². The van der Waals surface area contributed by atoms with Gasteiger partial charge in [-0.3, -0.25) is 14.9 Å². The lowest BCUT2D eigenvalue weighted by Gasteiger charge is -2.34. The number of rotatable bonds is 4. The molecule has 0 spiro atoms. The number of nitro benzene ring substituents is 1. The van der Waals surface area contributed by atoms with E-state index >= 15 is 0 Å². The van der Waals surface area contributed by atoms with Crippen LogP contribution >= 0.6 is 0 Å². The van der Waals surface area contributed by atoms with E-state index in [4.69, 9.17) is 0 Å². The van der Waals surface area contributed by atoms with E-state index in [0.717, 1.165) is 25.9 Å². The van der Waals surface area contributed by atoms with Gasteiger partial charge in [0.1, 0.15) is 5.69 Å². The third-order valence-electron chi connectivity index (χ3n) is 4.14. The molecule has 2 aliphatic rings. The summed E-state index contributed by atoms with van der Waals surface area (Å²) in [4.78, 5) is 25.2. The Balaban J connectivity index is 1.85. The summed E-state index contributed by atoms with van der Waals surface area (Å²) >= 11 is 0. The van der Waals surface area contributed by atoms with Crippen LogP contribution in [0.2, 0.25) is 0 Å². The predicted octanol–water partition coefficient (Wildman–Crippen LogP) is 1.60. The summed E-state index contributed by atoms with van der Waals surface area (Å²) in [6.45, 7) is 4.09. The van der Waals surface area contributed by atoms with Crippen molar-refractivity contribution in [2.45, 2.75) is 31.8 Å². The molecule has 118 valence electrons. The van der Waals surface area contributed by atoms with Crippen molar-refractivity contribution in [1.82, 2.24) is 10.2 Å². The standard InChI is InChI=1S/C15H20N4O3/c1-10-9-16-6-7-18(10)15(20)11-2-5-13(17-12-3-4-12)14(8-11)19(21)22/h2,5,8,10,12,16-17H,3-4,6-7,9H2,1H3. The van der Waals surface area contributed by atoms with Crippen molar-refractivity contribution in [1.29, 1.82) is 0 Å². The molecule has 1 aliphatic carbocycles. The number of benzene rings is 1. The molecule has 0 aromatic heterocycles. The van der Waals surface area contributed by atoms with Crippen LogP contribution in [0.15, 0.2) is 18.2 Å². The minimum absolute atomic E-state index is 0.0273. The van der Waals surface area contributed by atoms with Gasteiger partial charge < -0.3 is 15.5 Å². The number of carbonyl (C=O) groups is 1. The molecule has 1 unspecified atom stereocenters. The fourth-order valence-corrected chi connectivity index (χ4v) is 2.69. The molecule has 7 heteroatoms. The Morgan fingerprint density at radius 1 is 1.45 bits per heavy atom. The average molecular weight is 304 g/mol. The van der Waals surface area contributed by atoms with Crippen molar-refractivity contribution in [2.24, 2.45) is 0 Å². The molecular formula is C15H20N4O3. The van der Waals surface area contributed by atoms with E-state index < -0.39 is 4.92 Å². The van der Waals surface area contributed by atoms with Crippen molar-refractivity contribution in [3.05, 3.63) is 33.9 Å². The minimum atomic E-state index is -0.428. The zero-order valence-corrected chi connectivity index (χ0v) is 12.5. The van der Waals surface area contributed by atoms with Crippen molar-refractivity contribution < 1.29 is 9.72 Å². The highest BCUT2D eigenvalue weighted by Crippen LogP contribution is 2.32. The Kier molecular flexibility index (Phi) is 3.98. The Hall–Kier alpha value is -2.15. The third-order valence-corrected chi connectivity index (χ3v) is 4.14. The summed E-state index contributed by atoms with van der Waals surface area (Å²) in [5, 5.41) is 17.6. The lowest BCUT2D eigenvalue weighted by molar-refractivity contribution is -0.384. The van der Waals surface area contributed by atoms with Gasteiger partial charge in [-0.2, -0.15) is 0 Å². The van der Waals surface area contributed by atoms with Crippen LogP contribution in [0, 0.1) is 10.1 Å². The zero-order valence-electron chi connectivity index (χ0n) is 12.5. The van der Waals surface area contributed by atoms with Crippen LogP contribution in [0.3, 0.4) is 0 Å². The first kappa shape index (κ1) is 14.8. The smallest absolute Gasteiger partial charge is 0.293 e. The Labute approximate surface area is 128 Å². The highest BCUT2D eigenvalue weighted by Gasteiger charge is 2.28. The van der Waals surface area contributed by atoms with E-state index in [1.807, 2.05) is 6.92 Å². The van der Waals surface area contributed by atoms with E-state index in [1.54, 1.807) is 17.0 Å². The van der Waals surface area contributed by atoms with Crippen molar-refractivity contribution in [3.63, 3.8) is 0 Å². The molecule has 1 aromatic rings. The summed E-state index contributed by atoms with van der Waals surface area (Å²) in [5.74, 6) is -0.143. The topological polar surface area (TPSA) is 87.5 Å². The van der Waals surface area contributed by atoms with Gasteiger partial charge in [0.25, 0.3) is 11.6 Å². The largest absolute Gasteiger partial charge is 0.377 e. The molecule has 0 radical (unpaired) electrons. The average Bonchev–Trinajstić information content (AvgIpc) is 3.31. The molecule has 1 atom stereocenters. The summed E-state index contributed by atoms with van der Waals surface area (Å²) in [6.07, 6.45) is 2.08. The number of piperazine rings is 1. The monoisotopic (exact) mass is 304 g/mol. The number of hydrogen-bond acceptors (Lipinski definition) is 5. The van der Waals surface area contributed by atoms with Gasteiger partial charge in [0.2, 0.25) is 0 Å². The molecule has 0 bridgehead atoms. The van der Waals surface area contributed by atoms with Crippen LogP contribution in [0.5, 0.6) is 0 Å². The SMILES string of the molecule is CC1CNCCN1C(=O)c1ccc(NC2CC2)c([N+](=O)[O-])c1. The summed E-state index contributed by atoms with van der Waals surface area (Å²) < 4.78 is 0. The molecule has 1 saturated carbocycles. The molecule has 22 heavy (non-hydrogen) atoms. The maximum Gasteiger partial charge on any atom is 0.293 e. The Morgan fingerprint density at radius 3 is 2.86 bits per heavy atom. The number of amides is 1. The molecule has 1 heterocycles. The van der Waals surface area contributed by atoms with E-state index in [1.165, 1.54) is 6.07 Å². The summed E-state index contributed by atoms with van der Waals surface area (Å²) in [5.41, 5.74) is 0.847. The number of nitrogens with one attached hydrogen (secondary N) is 2. The number of carbonyl (C=O) groups excluding carboxylic acids is 1. The molecule has 1 aliphatic heterocycles. The maximum absolute atomic E-state index is 12.6. The van der Waals surface area contributed by atoms with Gasteiger partial charge in [0.15, 0.2) is 0 Å². The Bertz CT molecular complexity index is 600. The second-order valence-electron chi connectivity index (χ2n) is 5.96. The van der Waals surface area contributed by atoms with E-state index in [0.29, 0.717) is 23.8 Å². The van der Waals surface area contributed by atoms with Crippen LogP contribution in [0.4, 0.5) is 11.4 Å². The summed E-state index contributed by atoms with van der Waals surface area (Å²) in [7, 11) is 0. The number of nitro groups is 1. The van der Waals surface area contributed by atoms with Gasteiger partial charge in [0.05, 0.1) is 4.92 Å². The zero-order chi connectivity index (χ0) is 15.7. The normalized spacial score (nSPS) is 21.5. The quantitative estimate of drug-likeness (QED) is 0.651. The molecule has 1 saturated heterocycles. The van der Waals surface area contributed by atoms with Gasteiger partial charge in [-0.1, -0.05) is 0 Å². The Morgan fingerprint density at radius 2 is 2.23 bits per heavy atom. The molecule has 1 aromatic carbocycles. The van der Waals surface area contributed by atoms with Gasteiger partial charge >= 0.3 is 0 Å². The van der Waals surface area contributed by atoms with Crippen molar-refractivity contribution >= 4 is 17.3 Å². The highest BCUT2D eigenvalue weighted by atomic mass is 16.6. The molecule has 2 fully saturated rings. The number of anilines is 1. The first-order valence-electron chi connectivity index (χ1n) is 7.63. The van der Waals surface area contributed by atoms with E-state index in [2.05, 4.69) is 10.6 Å². The lowest BCUT2D eigenvalue weighted by atomic mass is 10.1. The molecular weight excluding hydrogens is 284 g/mol. The second kappa shape index (κ2) is 5.92. The fourth-order valence-electron chi connectivity index (χ4n) is 2.69. The minimum Gasteiger partial charge on any atom is -0.377 e. The van der Waals surface area contributed by atoms with Gasteiger partial charge in [-0.05, 0) is 31.9 Å². The van der Waals surface area contributed by atoms with Crippen LogP contribution in [0.25, 0.3) is 0 Å². The molecule has 2 N–H and O–H groups in total. The first-order chi connectivity index (χ1) is 10.6. The van der Waals surface area contributed by atoms with E-state index in [9.17, 15) is 14.9 Å². The number of hydrogen-bond donors (Lipinski definition) is 2. The summed E-state index contributed by atoms with van der Waals surface area (Å²) in [6, 6.07) is 5.13. The molecule has 1 amide bonds. The third kappa shape index (κ3) is 3.04. The highest BCUT2D eigenvalue weighted by molar-refractivity contribution is 5.96. The number of nitrogens with zero attached hydrogens (tertiary/aromatic N) is 2. The first-order valence-corrected chi connectivity index (χ1v) is 7.63. The lowest BCUT2D eigenvalue weighted by Crippen LogP contribution is -2.52. The van der Waals surface area contributed by atoms with Gasteiger partial charge in [-0.25, -0.2) is 0 Å². The maximum atomic E-state index is 12.6. The van der Waals surface area contributed by atoms with Crippen LogP contribution < -0.4 is 10.6 Å². The van der Waals surface area contributed by atoms with Crippen LogP contribution in [0.1, 0.15) is 30.1 Å². The predicted molar refractivity (Wildman–Crippen MR) is 83.1 cm³/mol. The molecule has 7 nitrogen and oxygen atoms in total. The van der Waals surface area contributed by atoms with Gasteiger partial charge in [0, 0.05) is 43.3 Å². The second-order valence-corrected chi connectivity index (χ2v) is 5.96. The van der Waals surface area contributed by atoms with Crippen LogP contribution in [-0.4, -0.2) is 47.4 Å². The van der Waals surface area contributed by atoms with Crippen LogP contribution in [-0.2, 0) is 0 Å².